The quantitative estimate of drug-likeness (QED) is 0.789. The predicted octanol–water partition coefficient (Wildman–Crippen LogP) is 1.57. The smallest absolute Gasteiger partial charge is 0.290 e. The summed E-state index contributed by atoms with van der Waals surface area (Å²) < 4.78 is 6.70. The summed E-state index contributed by atoms with van der Waals surface area (Å²) >= 11 is 0. The van der Waals surface area contributed by atoms with E-state index in [0.717, 1.165) is 6.42 Å². The molecule has 0 unspecified atom stereocenters. The van der Waals surface area contributed by atoms with Crippen molar-refractivity contribution in [2.75, 3.05) is 11.9 Å². The van der Waals surface area contributed by atoms with Gasteiger partial charge in [-0.3, -0.25) is 9.59 Å². The monoisotopic (exact) mass is 325 g/mol. The molecule has 0 bridgehead atoms. The first-order valence-electron chi connectivity index (χ1n) is 7.68. The molecule has 0 radical (unpaired) electrons. The van der Waals surface area contributed by atoms with Crippen molar-refractivity contribution in [2.45, 2.75) is 18.9 Å². The molecule has 8 heteroatoms. The van der Waals surface area contributed by atoms with Crippen molar-refractivity contribution in [1.29, 1.82) is 0 Å². The van der Waals surface area contributed by atoms with Crippen LogP contribution in [0.3, 0.4) is 0 Å². The first-order chi connectivity index (χ1) is 11.7. The highest BCUT2D eigenvalue weighted by molar-refractivity contribution is 6.00. The summed E-state index contributed by atoms with van der Waals surface area (Å²) in [6, 6.07) is 6.15. The van der Waals surface area contributed by atoms with Gasteiger partial charge in [-0.1, -0.05) is 0 Å². The minimum absolute atomic E-state index is 0.240. The Labute approximate surface area is 137 Å². The minimum Gasteiger partial charge on any atom is -0.459 e. The average Bonchev–Trinajstić information content (AvgIpc) is 3.33. The van der Waals surface area contributed by atoms with Crippen molar-refractivity contribution in [1.82, 2.24) is 19.5 Å². The maximum atomic E-state index is 12.7. The molecule has 1 N–H and O–H groups in total. The van der Waals surface area contributed by atoms with Gasteiger partial charge in [0.15, 0.2) is 11.4 Å². The lowest BCUT2D eigenvalue weighted by molar-refractivity contribution is -0.119. The van der Waals surface area contributed by atoms with Crippen LogP contribution in [0.2, 0.25) is 0 Å². The van der Waals surface area contributed by atoms with Crippen LogP contribution < -0.4 is 5.32 Å². The van der Waals surface area contributed by atoms with E-state index in [1.165, 1.54) is 6.26 Å². The predicted molar refractivity (Wildman–Crippen MR) is 84.4 cm³/mol. The molecule has 1 atom stereocenters. The third-order valence-electron chi connectivity index (χ3n) is 4.09. The van der Waals surface area contributed by atoms with Crippen LogP contribution >= 0.6 is 0 Å². The Balaban J connectivity index is 1.55. The molecule has 4 heterocycles. The summed E-state index contributed by atoms with van der Waals surface area (Å²) in [5.74, 6) is 0.257. The maximum absolute atomic E-state index is 12.7. The van der Waals surface area contributed by atoms with Crippen LogP contribution in [-0.2, 0) is 4.79 Å². The number of likely N-dealkylation sites (tertiary alicyclic amines) is 1. The summed E-state index contributed by atoms with van der Waals surface area (Å²) in [6.45, 7) is 0.533. The zero-order valence-corrected chi connectivity index (χ0v) is 12.8. The Morgan fingerprint density at radius 1 is 1.25 bits per heavy atom. The van der Waals surface area contributed by atoms with E-state index in [2.05, 4.69) is 15.4 Å². The van der Waals surface area contributed by atoms with E-state index in [1.54, 1.807) is 46.1 Å². The van der Waals surface area contributed by atoms with E-state index >= 15 is 0 Å². The Kier molecular flexibility index (Phi) is 3.49. The highest BCUT2D eigenvalue weighted by Gasteiger charge is 2.35. The van der Waals surface area contributed by atoms with E-state index in [-0.39, 0.29) is 17.6 Å². The molecular weight excluding hydrogens is 310 g/mol. The summed E-state index contributed by atoms with van der Waals surface area (Å²) in [4.78, 5) is 30.8. The number of hydrogen-bond donors (Lipinski definition) is 1. The molecule has 2 amide bonds. The topological polar surface area (TPSA) is 92.7 Å². The molecule has 1 aliphatic rings. The summed E-state index contributed by atoms with van der Waals surface area (Å²) in [6.07, 6.45) is 6.06. The van der Waals surface area contributed by atoms with Crippen molar-refractivity contribution in [2.24, 2.45) is 0 Å². The lowest BCUT2D eigenvalue weighted by Gasteiger charge is -2.23. The van der Waals surface area contributed by atoms with Gasteiger partial charge in [0.2, 0.25) is 5.91 Å². The molecule has 8 nitrogen and oxygen atoms in total. The molecule has 122 valence electrons. The van der Waals surface area contributed by atoms with Gasteiger partial charge in [0.25, 0.3) is 5.91 Å². The molecular formula is C16H15N5O3. The van der Waals surface area contributed by atoms with Crippen molar-refractivity contribution < 1.29 is 14.0 Å². The number of rotatable bonds is 3. The van der Waals surface area contributed by atoms with Gasteiger partial charge >= 0.3 is 0 Å². The summed E-state index contributed by atoms with van der Waals surface area (Å²) in [5.41, 5.74) is 0.641. The van der Waals surface area contributed by atoms with Crippen molar-refractivity contribution in [3.8, 4) is 0 Å². The number of nitrogens with zero attached hydrogens (tertiary/aromatic N) is 4. The highest BCUT2D eigenvalue weighted by Crippen LogP contribution is 2.22. The van der Waals surface area contributed by atoms with E-state index < -0.39 is 6.04 Å². The van der Waals surface area contributed by atoms with Crippen LogP contribution in [0, 0.1) is 0 Å². The van der Waals surface area contributed by atoms with Crippen molar-refractivity contribution in [3.05, 3.63) is 48.7 Å². The Morgan fingerprint density at radius 2 is 2.17 bits per heavy atom. The van der Waals surface area contributed by atoms with Crippen molar-refractivity contribution in [3.63, 3.8) is 0 Å². The molecule has 1 fully saturated rings. The van der Waals surface area contributed by atoms with Gasteiger partial charge in [0, 0.05) is 18.8 Å². The molecule has 4 rings (SSSR count). The maximum Gasteiger partial charge on any atom is 0.290 e. The zero-order valence-electron chi connectivity index (χ0n) is 12.8. The third kappa shape index (κ3) is 2.41. The molecule has 3 aromatic rings. The van der Waals surface area contributed by atoms with Crippen LogP contribution in [-0.4, -0.2) is 43.9 Å². The van der Waals surface area contributed by atoms with Gasteiger partial charge in [-0.15, -0.1) is 0 Å². The van der Waals surface area contributed by atoms with Gasteiger partial charge < -0.3 is 14.6 Å². The second-order valence-electron chi connectivity index (χ2n) is 5.55. The fraction of sp³-hybridized carbons (Fsp3) is 0.250. The van der Waals surface area contributed by atoms with Crippen LogP contribution in [0.4, 0.5) is 5.82 Å². The Morgan fingerprint density at radius 3 is 3.00 bits per heavy atom. The Hall–Kier alpha value is -3.16. The van der Waals surface area contributed by atoms with Crippen LogP contribution in [0.15, 0.2) is 47.3 Å². The first-order valence-corrected chi connectivity index (χ1v) is 7.68. The van der Waals surface area contributed by atoms with E-state index in [4.69, 9.17) is 4.42 Å². The lowest BCUT2D eigenvalue weighted by atomic mass is 10.2. The molecule has 0 spiro atoms. The number of carbonyl (C=O) groups excluding carboxylic acids is 2. The van der Waals surface area contributed by atoms with Gasteiger partial charge in [-0.2, -0.15) is 9.61 Å². The Bertz CT molecular complexity index is 886. The van der Waals surface area contributed by atoms with Crippen LogP contribution in [0.1, 0.15) is 23.4 Å². The minimum atomic E-state index is -0.527. The summed E-state index contributed by atoms with van der Waals surface area (Å²) in [5, 5.41) is 6.98. The van der Waals surface area contributed by atoms with E-state index in [9.17, 15) is 9.59 Å². The number of aromatic nitrogens is 3. The average molecular weight is 325 g/mol. The molecule has 3 aromatic heterocycles. The van der Waals surface area contributed by atoms with E-state index in [1.807, 2.05) is 0 Å². The van der Waals surface area contributed by atoms with Crippen LogP contribution in [0.25, 0.3) is 5.65 Å². The fourth-order valence-electron chi connectivity index (χ4n) is 2.96. The largest absolute Gasteiger partial charge is 0.459 e. The number of nitrogens with one attached hydrogen (secondary N) is 1. The SMILES string of the molecule is O=C(Nc1ccnc2ccnn12)[C@H]1CCCN1C(=O)c1ccco1. The molecule has 0 aromatic carbocycles. The molecule has 1 aliphatic heterocycles. The second kappa shape index (κ2) is 5.80. The van der Waals surface area contributed by atoms with Gasteiger partial charge in [-0.05, 0) is 31.0 Å². The molecule has 24 heavy (non-hydrogen) atoms. The molecule has 1 saturated heterocycles. The third-order valence-corrected chi connectivity index (χ3v) is 4.09. The van der Waals surface area contributed by atoms with Crippen LogP contribution in [0.5, 0.6) is 0 Å². The number of amides is 2. The first kappa shape index (κ1) is 14.4. The van der Waals surface area contributed by atoms with Gasteiger partial charge in [0.1, 0.15) is 11.9 Å². The number of hydrogen-bond acceptors (Lipinski definition) is 5. The van der Waals surface area contributed by atoms with Gasteiger partial charge in [-0.25, -0.2) is 4.98 Å². The highest BCUT2D eigenvalue weighted by atomic mass is 16.3. The second-order valence-corrected chi connectivity index (χ2v) is 5.55. The zero-order chi connectivity index (χ0) is 16.5. The molecule has 0 saturated carbocycles. The van der Waals surface area contributed by atoms with E-state index in [0.29, 0.717) is 24.4 Å². The number of furan rings is 1. The fourth-order valence-corrected chi connectivity index (χ4v) is 2.96. The normalized spacial score (nSPS) is 17.3. The van der Waals surface area contributed by atoms with Crippen molar-refractivity contribution >= 4 is 23.3 Å². The number of carbonyl (C=O) groups is 2. The van der Waals surface area contributed by atoms with Gasteiger partial charge in [0.05, 0.1) is 12.5 Å². The lowest BCUT2D eigenvalue weighted by Crippen LogP contribution is -2.43. The standard InChI is InChI=1S/C16H15N5O3/c22-15(19-14-5-7-17-13-6-8-18-21(13)14)11-3-1-9-20(11)16(23)12-4-2-10-24-12/h2,4-8,10-11H,1,3,9H2,(H,19,22)/t11-/m1/s1. The number of anilines is 1. The number of fused-ring (bicyclic) bond motifs is 1. The molecule has 0 aliphatic carbocycles. The summed E-state index contributed by atoms with van der Waals surface area (Å²) in [7, 11) is 0.